The third-order valence-corrected chi connectivity index (χ3v) is 6.51. The zero-order chi connectivity index (χ0) is 21.0. The number of amides is 1. The number of benzene rings is 2. The van der Waals surface area contributed by atoms with Crippen molar-refractivity contribution in [2.45, 2.75) is 37.3 Å². The molecule has 3 aliphatic rings. The maximum atomic E-state index is 13.4. The molecule has 1 N–H and O–H groups in total. The standard InChI is InChI=1S/C22H20Cl2N2O4/c23-13-11-15(19(24)18(27)12-13)20(28)30-22(7-8-22)21(29)26-10-9-25(14-5-6-14)16-3-1-2-4-17(16)26/h1-4,11-12,14,27H,5-10H2. The van der Waals surface area contributed by atoms with E-state index in [1.807, 2.05) is 24.3 Å². The van der Waals surface area contributed by atoms with E-state index in [0.29, 0.717) is 25.4 Å². The molecule has 1 heterocycles. The van der Waals surface area contributed by atoms with Crippen LogP contribution in [0.15, 0.2) is 36.4 Å². The van der Waals surface area contributed by atoms with Crippen LogP contribution in [0.2, 0.25) is 10.0 Å². The highest BCUT2D eigenvalue weighted by Crippen LogP contribution is 2.46. The number of carbonyl (C=O) groups is 2. The lowest BCUT2D eigenvalue weighted by Crippen LogP contribution is -2.50. The van der Waals surface area contributed by atoms with Gasteiger partial charge in [-0.1, -0.05) is 35.3 Å². The van der Waals surface area contributed by atoms with Crippen molar-refractivity contribution in [1.29, 1.82) is 0 Å². The topological polar surface area (TPSA) is 70.1 Å². The Morgan fingerprint density at radius 2 is 1.77 bits per heavy atom. The number of phenolic OH excluding ortho intramolecular Hbond substituents is 1. The van der Waals surface area contributed by atoms with Crippen molar-refractivity contribution < 1.29 is 19.4 Å². The zero-order valence-corrected chi connectivity index (χ0v) is 17.6. The molecule has 30 heavy (non-hydrogen) atoms. The van der Waals surface area contributed by atoms with Crippen molar-refractivity contribution >= 4 is 46.5 Å². The number of esters is 1. The number of anilines is 2. The molecule has 6 nitrogen and oxygen atoms in total. The van der Waals surface area contributed by atoms with Gasteiger partial charge in [-0.25, -0.2) is 4.79 Å². The second kappa shape index (κ2) is 7.06. The average molecular weight is 447 g/mol. The molecule has 1 amide bonds. The zero-order valence-electron chi connectivity index (χ0n) is 16.1. The van der Waals surface area contributed by atoms with Gasteiger partial charge in [-0.05, 0) is 31.0 Å². The SMILES string of the molecule is O=C(OC1(C(=O)N2CCN(C3CC3)c3ccccc32)CC1)c1cc(Cl)cc(O)c1Cl. The molecule has 0 atom stereocenters. The van der Waals surface area contributed by atoms with E-state index in [9.17, 15) is 14.7 Å². The minimum atomic E-state index is -1.20. The monoisotopic (exact) mass is 446 g/mol. The molecule has 0 radical (unpaired) electrons. The lowest BCUT2D eigenvalue weighted by atomic mass is 10.1. The second-order valence-electron chi connectivity index (χ2n) is 8.04. The quantitative estimate of drug-likeness (QED) is 0.704. The summed E-state index contributed by atoms with van der Waals surface area (Å²) in [6, 6.07) is 11.0. The van der Waals surface area contributed by atoms with Gasteiger partial charge in [-0.15, -0.1) is 0 Å². The third kappa shape index (κ3) is 3.28. The molecule has 1 aliphatic heterocycles. The van der Waals surface area contributed by atoms with Crippen LogP contribution in [0.4, 0.5) is 11.4 Å². The number of halogens is 2. The molecule has 2 aromatic rings. The number of nitrogens with zero attached hydrogens (tertiary/aromatic N) is 2. The van der Waals surface area contributed by atoms with Gasteiger partial charge in [-0.3, -0.25) is 4.79 Å². The predicted octanol–water partition coefficient (Wildman–Crippen LogP) is 4.40. The molecule has 8 heteroatoms. The number of fused-ring (bicyclic) bond motifs is 1. The van der Waals surface area contributed by atoms with E-state index in [-0.39, 0.29) is 27.3 Å². The number of aromatic hydroxyl groups is 1. The van der Waals surface area contributed by atoms with Gasteiger partial charge in [0.25, 0.3) is 5.91 Å². The van der Waals surface area contributed by atoms with Gasteiger partial charge in [0.1, 0.15) is 5.75 Å². The lowest BCUT2D eigenvalue weighted by Gasteiger charge is -2.39. The van der Waals surface area contributed by atoms with Gasteiger partial charge in [0.2, 0.25) is 0 Å². The number of ether oxygens (including phenoxy) is 1. The number of para-hydroxylation sites is 2. The highest BCUT2D eigenvalue weighted by Gasteiger charge is 2.57. The molecule has 2 aliphatic carbocycles. The van der Waals surface area contributed by atoms with Gasteiger partial charge in [0.05, 0.1) is 22.0 Å². The molecular formula is C22H20Cl2N2O4. The van der Waals surface area contributed by atoms with Crippen molar-refractivity contribution in [3.8, 4) is 5.75 Å². The Kier molecular flexibility index (Phi) is 4.60. The van der Waals surface area contributed by atoms with Crippen molar-refractivity contribution in [3.05, 3.63) is 52.0 Å². The Morgan fingerprint density at radius 3 is 2.43 bits per heavy atom. The maximum absolute atomic E-state index is 13.4. The summed E-state index contributed by atoms with van der Waals surface area (Å²) in [6.07, 6.45) is 3.26. The summed E-state index contributed by atoms with van der Waals surface area (Å²) in [5, 5.41) is 9.85. The van der Waals surface area contributed by atoms with Crippen molar-refractivity contribution in [3.63, 3.8) is 0 Å². The molecule has 0 aromatic heterocycles. The van der Waals surface area contributed by atoms with Crippen LogP contribution in [0.3, 0.4) is 0 Å². The molecule has 2 saturated carbocycles. The summed E-state index contributed by atoms with van der Waals surface area (Å²) in [5.41, 5.74) is 0.637. The van der Waals surface area contributed by atoms with E-state index in [0.717, 1.165) is 17.9 Å². The van der Waals surface area contributed by atoms with E-state index in [1.165, 1.54) is 25.0 Å². The first-order chi connectivity index (χ1) is 14.4. The van der Waals surface area contributed by atoms with Gasteiger partial charge < -0.3 is 19.6 Å². The summed E-state index contributed by atoms with van der Waals surface area (Å²) in [7, 11) is 0. The number of rotatable bonds is 4. The van der Waals surface area contributed by atoms with Crippen LogP contribution in [0.1, 0.15) is 36.0 Å². The van der Waals surface area contributed by atoms with E-state index in [4.69, 9.17) is 27.9 Å². The third-order valence-electron chi connectivity index (χ3n) is 5.90. The van der Waals surface area contributed by atoms with E-state index in [1.54, 1.807) is 4.90 Å². The van der Waals surface area contributed by atoms with E-state index in [2.05, 4.69) is 4.90 Å². The Bertz CT molecular complexity index is 1050. The minimum Gasteiger partial charge on any atom is -0.506 e. The van der Waals surface area contributed by atoms with Crippen LogP contribution in [0, 0.1) is 0 Å². The van der Waals surface area contributed by atoms with Crippen LogP contribution in [0.5, 0.6) is 5.75 Å². The summed E-state index contributed by atoms with van der Waals surface area (Å²) in [5.74, 6) is -1.30. The highest BCUT2D eigenvalue weighted by molar-refractivity contribution is 6.37. The van der Waals surface area contributed by atoms with Gasteiger partial charge in [0, 0.05) is 43.1 Å². The van der Waals surface area contributed by atoms with Crippen LogP contribution < -0.4 is 9.80 Å². The Labute approximate surface area is 183 Å². The first kappa shape index (κ1) is 19.5. The Hall–Kier alpha value is -2.44. The number of hydrogen-bond donors (Lipinski definition) is 1. The van der Waals surface area contributed by atoms with E-state index >= 15 is 0 Å². The summed E-state index contributed by atoms with van der Waals surface area (Å²) in [4.78, 5) is 30.3. The van der Waals surface area contributed by atoms with E-state index < -0.39 is 11.6 Å². The van der Waals surface area contributed by atoms with Crippen molar-refractivity contribution in [2.24, 2.45) is 0 Å². The number of hydrogen-bond acceptors (Lipinski definition) is 5. The molecule has 2 fully saturated rings. The van der Waals surface area contributed by atoms with Crippen molar-refractivity contribution in [1.82, 2.24) is 0 Å². The molecular weight excluding hydrogens is 427 g/mol. The van der Waals surface area contributed by atoms with Crippen LogP contribution in [0.25, 0.3) is 0 Å². The molecule has 0 saturated heterocycles. The first-order valence-corrected chi connectivity index (χ1v) is 10.7. The fourth-order valence-electron chi connectivity index (χ4n) is 4.04. The molecule has 156 valence electrons. The molecule has 5 rings (SSSR count). The molecule has 0 unspecified atom stereocenters. The van der Waals surface area contributed by atoms with Gasteiger partial charge in [-0.2, -0.15) is 0 Å². The second-order valence-corrected chi connectivity index (χ2v) is 8.85. The van der Waals surface area contributed by atoms with Crippen LogP contribution >= 0.6 is 23.2 Å². The predicted molar refractivity (Wildman–Crippen MR) is 115 cm³/mol. The summed E-state index contributed by atoms with van der Waals surface area (Å²) in [6.45, 7) is 1.30. The van der Waals surface area contributed by atoms with Crippen LogP contribution in [-0.4, -0.2) is 41.7 Å². The molecule has 0 bridgehead atoms. The molecule has 0 spiro atoms. The Morgan fingerprint density at radius 1 is 1.07 bits per heavy atom. The maximum Gasteiger partial charge on any atom is 0.340 e. The largest absolute Gasteiger partial charge is 0.506 e. The van der Waals surface area contributed by atoms with Gasteiger partial charge in [0.15, 0.2) is 5.60 Å². The lowest BCUT2D eigenvalue weighted by molar-refractivity contribution is -0.129. The fourth-order valence-corrected chi connectivity index (χ4v) is 4.43. The first-order valence-electron chi connectivity index (χ1n) is 9.99. The fraction of sp³-hybridized carbons (Fsp3) is 0.364. The summed E-state index contributed by atoms with van der Waals surface area (Å²) < 4.78 is 5.64. The summed E-state index contributed by atoms with van der Waals surface area (Å²) >= 11 is 12.0. The normalized spacial score (nSPS) is 19.3. The Balaban J connectivity index is 1.40. The van der Waals surface area contributed by atoms with Gasteiger partial charge >= 0.3 is 5.97 Å². The van der Waals surface area contributed by atoms with Crippen molar-refractivity contribution in [2.75, 3.05) is 22.9 Å². The minimum absolute atomic E-state index is 0.0558. The average Bonchev–Trinajstić information content (AvgIpc) is 3.65. The van der Waals surface area contributed by atoms with Crippen LogP contribution in [-0.2, 0) is 9.53 Å². The highest BCUT2D eigenvalue weighted by atomic mass is 35.5. The molecule has 2 aromatic carbocycles. The number of carbonyl (C=O) groups excluding carboxylic acids is 2. The smallest absolute Gasteiger partial charge is 0.340 e. The number of phenols is 1.